The van der Waals surface area contributed by atoms with E-state index in [1.807, 2.05) is 0 Å². The average Bonchev–Trinajstić information content (AvgIpc) is 2.72. The summed E-state index contributed by atoms with van der Waals surface area (Å²) in [6.45, 7) is 1.15. The van der Waals surface area contributed by atoms with Gasteiger partial charge in [0.2, 0.25) is 11.8 Å². The molecule has 0 radical (unpaired) electrons. The van der Waals surface area contributed by atoms with E-state index in [0.29, 0.717) is 16.3 Å². The highest BCUT2D eigenvalue weighted by molar-refractivity contribution is 6.30. The molecule has 2 rings (SSSR count). The average molecular weight is 432 g/mol. The number of rotatable bonds is 8. The molecule has 0 saturated heterocycles. The molecule has 0 aliphatic heterocycles. The Morgan fingerprint density at radius 2 is 1.63 bits per heavy atom. The van der Waals surface area contributed by atoms with Gasteiger partial charge in [0.25, 0.3) is 5.91 Å². The number of halogens is 1. The Kier molecular flexibility index (Phi) is 8.37. The first kappa shape index (κ1) is 22.9. The van der Waals surface area contributed by atoms with Gasteiger partial charge in [-0.1, -0.05) is 23.7 Å². The summed E-state index contributed by atoms with van der Waals surface area (Å²) in [5, 5.41) is 8.46. The molecule has 0 aliphatic carbocycles. The predicted molar refractivity (Wildman–Crippen MR) is 112 cm³/mol. The molecule has 1 atom stereocenters. The highest BCUT2D eigenvalue weighted by atomic mass is 35.5. The van der Waals surface area contributed by atoms with E-state index in [-0.39, 0.29) is 24.8 Å². The van der Waals surface area contributed by atoms with Crippen molar-refractivity contribution in [2.75, 3.05) is 19.0 Å². The summed E-state index contributed by atoms with van der Waals surface area (Å²) >= 11 is 5.89. The summed E-state index contributed by atoms with van der Waals surface area (Å²) in [6.07, 6.45) is 0.0164. The van der Waals surface area contributed by atoms with E-state index in [0.717, 1.165) is 5.56 Å². The minimum atomic E-state index is -0.554. The van der Waals surface area contributed by atoms with Crippen LogP contribution in [0.4, 0.5) is 5.69 Å². The Balaban J connectivity index is 1.98. The lowest BCUT2D eigenvalue weighted by molar-refractivity contribution is -0.139. The van der Waals surface area contributed by atoms with Crippen molar-refractivity contribution >= 4 is 41.0 Å². The van der Waals surface area contributed by atoms with Crippen molar-refractivity contribution in [3.8, 4) is 0 Å². The van der Waals surface area contributed by atoms with Gasteiger partial charge in [0.05, 0.1) is 19.6 Å². The van der Waals surface area contributed by atoms with Crippen LogP contribution in [0.1, 0.15) is 35.3 Å². The van der Waals surface area contributed by atoms with E-state index < -0.39 is 17.9 Å². The van der Waals surface area contributed by atoms with E-state index in [1.54, 1.807) is 36.4 Å². The molecule has 0 spiro atoms. The lowest BCUT2D eigenvalue weighted by Gasteiger charge is -2.18. The molecule has 158 valence electrons. The maximum absolute atomic E-state index is 12.5. The molecule has 0 bridgehead atoms. The quantitative estimate of drug-likeness (QED) is 0.555. The van der Waals surface area contributed by atoms with Crippen molar-refractivity contribution in [1.82, 2.24) is 10.6 Å². The van der Waals surface area contributed by atoms with Crippen molar-refractivity contribution in [1.29, 1.82) is 0 Å². The molecule has 0 fully saturated rings. The first-order valence-corrected chi connectivity index (χ1v) is 9.43. The predicted octanol–water partition coefficient (Wildman–Crippen LogP) is 2.45. The van der Waals surface area contributed by atoms with E-state index >= 15 is 0 Å². The lowest BCUT2D eigenvalue weighted by Crippen LogP contribution is -2.30. The largest absolute Gasteiger partial charge is 0.468 e. The van der Waals surface area contributed by atoms with Crippen LogP contribution in [0.15, 0.2) is 48.5 Å². The maximum atomic E-state index is 12.5. The molecule has 1 unspecified atom stereocenters. The molecule has 8 nitrogen and oxygen atoms in total. The summed E-state index contributed by atoms with van der Waals surface area (Å²) in [6, 6.07) is 12.5. The number of anilines is 1. The second-order valence-corrected chi connectivity index (χ2v) is 6.83. The summed E-state index contributed by atoms with van der Waals surface area (Å²) in [4.78, 5) is 47.0. The highest BCUT2D eigenvalue weighted by Gasteiger charge is 2.17. The fourth-order valence-corrected chi connectivity index (χ4v) is 2.75. The number of carbonyl (C=O) groups excluding carboxylic acids is 4. The number of hydrogen-bond donors (Lipinski definition) is 3. The Morgan fingerprint density at radius 3 is 2.20 bits per heavy atom. The standard InChI is InChI=1S/C21H22ClN3O5/c1-13(26)24-18(14-3-7-16(22)8-4-14)11-19(27)25-17-9-5-15(6-10-17)21(29)23-12-20(28)30-2/h3-10,18H,11-12H2,1-2H3,(H,23,29)(H,24,26)(H,25,27). The topological polar surface area (TPSA) is 114 Å². The van der Waals surface area contributed by atoms with E-state index in [4.69, 9.17) is 11.6 Å². The van der Waals surface area contributed by atoms with Crippen molar-refractivity contribution in [2.45, 2.75) is 19.4 Å². The van der Waals surface area contributed by atoms with Crippen LogP contribution < -0.4 is 16.0 Å². The van der Waals surface area contributed by atoms with Gasteiger partial charge < -0.3 is 20.7 Å². The third kappa shape index (κ3) is 7.21. The molecule has 9 heteroatoms. The summed E-state index contributed by atoms with van der Waals surface area (Å²) in [5.74, 6) is -1.56. The summed E-state index contributed by atoms with van der Waals surface area (Å²) in [5.41, 5.74) is 1.57. The molecule has 0 aromatic heterocycles. The number of ether oxygens (including phenoxy) is 1. The molecule has 2 aromatic rings. The van der Waals surface area contributed by atoms with Gasteiger partial charge in [-0.25, -0.2) is 0 Å². The minimum Gasteiger partial charge on any atom is -0.468 e. The Hall–Kier alpha value is -3.39. The second kappa shape index (κ2) is 11.0. The number of esters is 1. The van der Waals surface area contributed by atoms with Gasteiger partial charge in [-0.3, -0.25) is 19.2 Å². The van der Waals surface area contributed by atoms with Crippen molar-refractivity contribution in [3.63, 3.8) is 0 Å². The van der Waals surface area contributed by atoms with Crippen molar-refractivity contribution < 1.29 is 23.9 Å². The van der Waals surface area contributed by atoms with Crippen LogP contribution in [-0.4, -0.2) is 37.3 Å². The Labute approximate surface area is 178 Å². The van der Waals surface area contributed by atoms with Gasteiger partial charge in [-0.05, 0) is 42.0 Å². The number of carbonyl (C=O) groups is 4. The van der Waals surface area contributed by atoms with E-state index in [1.165, 1.54) is 26.2 Å². The van der Waals surface area contributed by atoms with Crippen molar-refractivity contribution in [2.24, 2.45) is 0 Å². The maximum Gasteiger partial charge on any atom is 0.325 e. The van der Waals surface area contributed by atoms with Gasteiger partial charge in [-0.15, -0.1) is 0 Å². The van der Waals surface area contributed by atoms with E-state index in [2.05, 4.69) is 20.7 Å². The van der Waals surface area contributed by atoms with Crippen LogP contribution in [-0.2, 0) is 19.1 Å². The number of hydrogen-bond acceptors (Lipinski definition) is 5. The van der Waals surface area contributed by atoms with Gasteiger partial charge in [0, 0.05) is 23.2 Å². The second-order valence-electron chi connectivity index (χ2n) is 6.39. The van der Waals surface area contributed by atoms with Gasteiger partial charge in [0.15, 0.2) is 0 Å². The fourth-order valence-electron chi connectivity index (χ4n) is 2.62. The monoisotopic (exact) mass is 431 g/mol. The van der Waals surface area contributed by atoms with Crippen LogP contribution >= 0.6 is 11.6 Å². The highest BCUT2D eigenvalue weighted by Crippen LogP contribution is 2.20. The molecule has 3 amide bonds. The number of benzene rings is 2. The van der Waals surface area contributed by atoms with Crippen LogP contribution in [0, 0.1) is 0 Å². The molecule has 30 heavy (non-hydrogen) atoms. The molecule has 2 aromatic carbocycles. The van der Waals surface area contributed by atoms with Gasteiger partial charge >= 0.3 is 5.97 Å². The Bertz CT molecular complexity index is 913. The minimum absolute atomic E-state index is 0.0164. The number of amides is 3. The van der Waals surface area contributed by atoms with Crippen LogP contribution in [0.3, 0.4) is 0 Å². The van der Waals surface area contributed by atoms with Crippen molar-refractivity contribution in [3.05, 3.63) is 64.7 Å². The number of nitrogens with one attached hydrogen (secondary N) is 3. The zero-order chi connectivity index (χ0) is 22.1. The molecule has 0 aliphatic rings. The molecular weight excluding hydrogens is 410 g/mol. The first-order chi connectivity index (χ1) is 14.3. The van der Waals surface area contributed by atoms with Crippen LogP contribution in [0.5, 0.6) is 0 Å². The third-order valence-corrected chi connectivity index (χ3v) is 4.34. The number of methoxy groups -OCH3 is 1. The normalized spacial score (nSPS) is 11.2. The van der Waals surface area contributed by atoms with Crippen LogP contribution in [0.25, 0.3) is 0 Å². The first-order valence-electron chi connectivity index (χ1n) is 9.06. The SMILES string of the molecule is COC(=O)CNC(=O)c1ccc(NC(=O)CC(NC(C)=O)c2ccc(Cl)cc2)cc1. The van der Waals surface area contributed by atoms with Crippen LogP contribution in [0.2, 0.25) is 5.02 Å². The Morgan fingerprint density at radius 1 is 1.00 bits per heavy atom. The zero-order valence-electron chi connectivity index (χ0n) is 16.5. The zero-order valence-corrected chi connectivity index (χ0v) is 17.3. The smallest absolute Gasteiger partial charge is 0.325 e. The van der Waals surface area contributed by atoms with E-state index in [9.17, 15) is 19.2 Å². The van der Waals surface area contributed by atoms with Gasteiger partial charge in [0.1, 0.15) is 6.54 Å². The molecule has 3 N–H and O–H groups in total. The summed E-state index contributed by atoms with van der Waals surface area (Å²) in [7, 11) is 1.23. The third-order valence-electron chi connectivity index (χ3n) is 4.09. The molecule has 0 heterocycles. The molecular formula is C21H22ClN3O5. The fraction of sp³-hybridized carbons (Fsp3) is 0.238. The lowest BCUT2D eigenvalue weighted by atomic mass is 10.0. The van der Waals surface area contributed by atoms with Gasteiger partial charge in [-0.2, -0.15) is 0 Å². The molecule has 0 saturated carbocycles. The summed E-state index contributed by atoms with van der Waals surface area (Å²) < 4.78 is 4.46.